The summed E-state index contributed by atoms with van der Waals surface area (Å²) in [7, 11) is 0. The third-order valence-electron chi connectivity index (χ3n) is 4.94. The molecule has 29 heavy (non-hydrogen) atoms. The van der Waals surface area contributed by atoms with Crippen LogP contribution >= 0.6 is 0 Å². The van der Waals surface area contributed by atoms with Gasteiger partial charge in [0.15, 0.2) is 5.82 Å². The van der Waals surface area contributed by atoms with Crippen LogP contribution in [0.3, 0.4) is 0 Å². The van der Waals surface area contributed by atoms with Crippen molar-refractivity contribution in [3.8, 4) is 17.3 Å². The minimum Gasteiger partial charge on any atom is -0.477 e. The molecule has 1 aliphatic rings. The number of hydrogen-bond acceptors (Lipinski definition) is 5. The smallest absolute Gasteiger partial charge is 0.254 e. The van der Waals surface area contributed by atoms with Crippen molar-refractivity contribution in [2.24, 2.45) is 5.92 Å². The second-order valence-electron chi connectivity index (χ2n) is 7.00. The van der Waals surface area contributed by atoms with Crippen molar-refractivity contribution in [2.75, 3.05) is 19.7 Å². The van der Waals surface area contributed by atoms with E-state index < -0.39 is 5.82 Å². The van der Waals surface area contributed by atoms with E-state index in [1.807, 2.05) is 29.2 Å². The molecule has 0 radical (unpaired) electrons. The lowest BCUT2D eigenvalue weighted by atomic mass is 9.97. The molecule has 148 valence electrons. The summed E-state index contributed by atoms with van der Waals surface area (Å²) >= 11 is 0. The van der Waals surface area contributed by atoms with E-state index in [-0.39, 0.29) is 11.8 Å². The lowest BCUT2D eigenvalue weighted by Gasteiger charge is -2.33. The second-order valence-corrected chi connectivity index (χ2v) is 7.00. The van der Waals surface area contributed by atoms with Gasteiger partial charge in [-0.05, 0) is 31.0 Å². The fraction of sp³-hybridized carbons (Fsp3) is 0.273. The lowest BCUT2D eigenvalue weighted by Crippen LogP contribution is -2.41. The van der Waals surface area contributed by atoms with E-state index in [0.29, 0.717) is 37.0 Å². The zero-order chi connectivity index (χ0) is 20.1. The van der Waals surface area contributed by atoms with Crippen LogP contribution < -0.4 is 4.74 Å². The highest BCUT2D eigenvalue weighted by atomic mass is 19.1. The quantitative estimate of drug-likeness (QED) is 0.664. The SMILES string of the molecule is O=C(c1ccccc1-c1ncccn1)N1CCCC(COc2ccc(F)cn2)C1. The number of hydrogen-bond donors (Lipinski definition) is 0. The number of ether oxygens (including phenoxy) is 1. The van der Waals surface area contributed by atoms with Crippen molar-refractivity contribution in [1.29, 1.82) is 0 Å². The van der Waals surface area contributed by atoms with Gasteiger partial charge < -0.3 is 9.64 Å². The fourth-order valence-corrected chi connectivity index (χ4v) is 3.51. The van der Waals surface area contributed by atoms with E-state index in [2.05, 4.69) is 15.0 Å². The molecule has 1 aliphatic heterocycles. The van der Waals surface area contributed by atoms with Crippen LogP contribution in [0.15, 0.2) is 61.1 Å². The number of likely N-dealkylation sites (tertiary alicyclic amines) is 1. The van der Waals surface area contributed by atoms with Gasteiger partial charge in [0, 0.05) is 43.0 Å². The van der Waals surface area contributed by atoms with Gasteiger partial charge in [0.2, 0.25) is 5.88 Å². The van der Waals surface area contributed by atoms with Crippen molar-refractivity contribution in [1.82, 2.24) is 19.9 Å². The molecule has 4 rings (SSSR count). The molecule has 6 nitrogen and oxygen atoms in total. The Morgan fingerprint density at radius 3 is 2.72 bits per heavy atom. The molecule has 1 amide bonds. The standard InChI is InChI=1S/C22H21FN4O2/c23-17-8-9-20(26-13-17)29-15-16-5-3-12-27(14-16)22(28)19-7-2-1-6-18(19)21-24-10-4-11-25-21/h1-2,4,6-11,13,16H,3,5,12,14-15H2. The molecule has 1 saturated heterocycles. The van der Waals surface area contributed by atoms with E-state index in [0.717, 1.165) is 24.6 Å². The number of nitrogens with zero attached hydrogens (tertiary/aromatic N) is 4. The van der Waals surface area contributed by atoms with Crippen LogP contribution in [0.25, 0.3) is 11.4 Å². The Morgan fingerprint density at radius 2 is 1.93 bits per heavy atom. The molecular formula is C22H21FN4O2. The van der Waals surface area contributed by atoms with Crippen LogP contribution in [0, 0.1) is 11.7 Å². The minimum atomic E-state index is -0.396. The number of amides is 1. The molecule has 7 heteroatoms. The Balaban J connectivity index is 1.45. The average molecular weight is 392 g/mol. The summed E-state index contributed by atoms with van der Waals surface area (Å²) in [5, 5.41) is 0. The molecule has 0 aliphatic carbocycles. The fourth-order valence-electron chi connectivity index (χ4n) is 3.51. The van der Waals surface area contributed by atoms with Gasteiger partial charge in [-0.25, -0.2) is 19.3 Å². The van der Waals surface area contributed by atoms with Gasteiger partial charge in [0.05, 0.1) is 18.4 Å². The van der Waals surface area contributed by atoms with Gasteiger partial charge in [-0.15, -0.1) is 0 Å². The summed E-state index contributed by atoms with van der Waals surface area (Å²) in [6.07, 6.45) is 6.34. The summed E-state index contributed by atoms with van der Waals surface area (Å²) in [6, 6.07) is 12.0. The molecule has 1 aromatic carbocycles. The summed E-state index contributed by atoms with van der Waals surface area (Å²) in [6.45, 7) is 1.74. The van der Waals surface area contributed by atoms with E-state index in [9.17, 15) is 9.18 Å². The summed E-state index contributed by atoms with van der Waals surface area (Å²) < 4.78 is 18.7. The Kier molecular flexibility index (Phi) is 5.74. The zero-order valence-corrected chi connectivity index (χ0v) is 15.9. The molecule has 1 fully saturated rings. The van der Waals surface area contributed by atoms with Crippen LogP contribution in [-0.2, 0) is 0 Å². The van der Waals surface area contributed by atoms with Crippen LogP contribution in [0.1, 0.15) is 23.2 Å². The number of piperidine rings is 1. The van der Waals surface area contributed by atoms with Crippen molar-refractivity contribution >= 4 is 5.91 Å². The number of halogens is 1. The highest BCUT2D eigenvalue weighted by molar-refractivity contribution is 6.00. The highest BCUT2D eigenvalue weighted by Crippen LogP contribution is 2.24. The van der Waals surface area contributed by atoms with Gasteiger partial charge in [0.1, 0.15) is 5.82 Å². The first-order valence-corrected chi connectivity index (χ1v) is 9.61. The van der Waals surface area contributed by atoms with Crippen molar-refractivity contribution < 1.29 is 13.9 Å². The third-order valence-corrected chi connectivity index (χ3v) is 4.94. The molecule has 1 atom stereocenters. The first-order chi connectivity index (χ1) is 14.2. The topological polar surface area (TPSA) is 68.2 Å². The van der Waals surface area contributed by atoms with E-state index >= 15 is 0 Å². The second kappa shape index (κ2) is 8.77. The van der Waals surface area contributed by atoms with Crippen molar-refractivity contribution in [3.05, 3.63) is 72.4 Å². The van der Waals surface area contributed by atoms with E-state index in [4.69, 9.17) is 4.74 Å². The van der Waals surface area contributed by atoms with Gasteiger partial charge in [0.25, 0.3) is 5.91 Å². The van der Waals surface area contributed by atoms with Gasteiger partial charge in [-0.3, -0.25) is 4.79 Å². The van der Waals surface area contributed by atoms with E-state index in [1.165, 1.54) is 12.1 Å². The largest absolute Gasteiger partial charge is 0.477 e. The van der Waals surface area contributed by atoms with Crippen LogP contribution in [0.5, 0.6) is 5.88 Å². The number of benzene rings is 1. The Hall–Kier alpha value is -3.35. The Bertz CT molecular complexity index is 966. The maximum atomic E-state index is 13.2. The summed E-state index contributed by atoms with van der Waals surface area (Å²) in [5.41, 5.74) is 1.33. The van der Waals surface area contributed by atoms with Crippen LogP contribution in [-0.4, -0.2) is 45.5 Å². The molecule has 0 bridgehead atoms. The monoisotopic (exact) mass is 392 g/mol. The number of rotatable bonds is 5. The van der Waals surface area contributed by atoms with E-state index in [1.54, 1.807) is 18.5 Å². The Labute approximate surface area is 168 Å². The maximum Gasteiger partial charge on any atom is 0.254 e. The predicted molar refractivity (Wildman–Crippen MR) is 106 cm³/mol. The first-order valence-electron chi connectivity index (χ1n) is 9.61. The number of carbonyl (C=O) groups excluding carboxylic acids is 1. The molecule has 2 aromatic heterocycles. The first kappa shape index (κ1) is 19.0. The molecule has 3 heterocycles. The molecular weight excluding hydrogens is 371 g/mol. The Morgan fingerprint density at radius 1 is 1.10 bits per heavy atom. The molecule has 0 saturated carbocycles. The number of carbonyl (C=O) groups is 1. The predicted octanol–water partition coefficient (Wildman–Crippen LogP) is 3.61. The average Bonchev–Trinajstić information content (AvgIpc) is 2.79. The summed E-state index contributed by atoms with van der Waals surface area (Å²) in [5.74, 6) is 0.697. The van der Waals surface area contributed by atoms with Gasteiger partial charge in [-0.2, -0.15) is 0 Å². The van der Waals surface area contributed by atoms with Crippen molar-refractivity contribution in [3.63, 3.8) is 0 Å². The number of aromatic nitrogens is 3. The maximum absolute atomic E-state index is 13.2. The molecule has 3 aromatic rings. The van der Waals surface area contributed by atoms with Crippen LogP contribution in [0.2, 0.25) is 0 Å². The lowest BCUT2D eigenvalue weighted by molar-refractivity contribution is 0.0632. The molecule has 1 unspecified atom stereocenters. The molecule has 0 spiro atoms. The molecule has 0 N–H and O–H groups in total. The van der Waals surface area contributed by atoms with Crippen molar-refractivity contribution in [2.45, 2.75) is 12.8 Å². The normalized spacial score (nSPS) is 16.4. The number of pyridine rings is 1. The minimum absolute atomic E-state index is 0.0299. The highest BCUT2D eigenvalue weighted by Gasteiger charge is 2.27. The zero-order valence-electron chi connectivity index (χ0n) is 15.9. The third kappa shape index (κ3) is 4.56. The summed E-state index contributed by atoms with van der Waals surface area (Å²) in [4.78, 5) is 27.6. The van der Waals surface area contributed by atoms with Crippen LogP contribution in [0.4, 0.5) is 4.39 Å². The van der Waals surface area contributed by atoms with Gasteiger partial charge in [-0.1, -0.05) is 18.2 Å². The van der Waals surface area contributed by atoms with Gasteiger partial charge >= 0.3 is 0 Å².